The third-order valence-electron chi connectivity index (χ3n) is 4.92. The molecule has 1 saturated carbocycles. The summed E-state index contributed by atoms with van der Waals surface area (Å²) in [6, 6.07) is 10.1. The van der Waals surface area contributed by atoms with E-state index in [1.165, 1.54) is 37.7 Å². The van der Waals surface area contributed by atoms with Crippen molar-refractivity contribution in [1.29, 1.82) is 5.26 Å². The minimum Gasteiger partial charge on any atom is -0.493 e. The quantitative estimate of drug-likeness (QED) is 0.704. The molecular weight excluding hydrogens is 312 g/mol. The molecule has 0 N–H and O–H groups in total. The van der Waals surface area contributed by atoms with Crippen LogP contribution in [0.4, 0.5) is 0 Å². The summed E-state index contributed by atoms with van der Waals surface area (Å²) < 4.78 is 11.7. The lowest BCUT2D eigenvalue weighted by molar-refractivity contribution is 0.320. The third kappa shape index (κ3) is 4.85. The topological polar surface area (TPSA) is 59.1 Å². The highest BCUT2D eigenvalue weighted by Gasteiger charge is 2.21. The first-order chi connectivity index (χ1) is 12.3. The Hall–Kier alpha value is -2.28. The molecule has 1 heterocycles. The van der Waals surface area contributed by atoms with Crippen molar-refractivity contribution in [2.45, 2.75) is 64.2 Å². The summed E-state index contributed by atoms with van der Waals surface area (Å²) in [5.74, 6) is 3.21. The number of rotatable bonds is 7. The van der Waals surface area contributed by atoms with Crippen molar-refractivity contribution in [3.63, 3.8) is 0 Å². The highest BCUT2D eigenvalue weighted by molar-refractivity contribution is 5.27. The molecule has 0 saturated heterocycles. The van der Waals surface area contributed by atoms with Crippen LogP contribution in [0.2, 0.25) is 0 Å². The molecule has 0 radical (unpaired) electrons. The van der Waals surface area contributed by atoms with Crippen molar-refractivity contribution in [2.24, 2.45) is 0 Å². The number of hydrogen-bond acceptors (Lipinski definition) is 4. The first-order valence-electron chi connectivity index (χ1n) is 9.31. The van der Waals surface area contributed by atoms with Crippen LogP contribution in [0.1, 0.15) is 67.4 Å². The van der Waals surface area contributed by atoms with E-state index < -0.39 is 0 Å². The van der Waals surface area contributed by atoms with Crippen LogP contribution in [-0.2, 0) is 12.8 Å². The van der Waals surface area contributed by atoms with Crippen molar-refractivity contribution in [3.05, 3.63) is 47.2 Å². The number of aryl methyl sites for hydroxylation is 2. The predicted molar refractivity (Wildman–Crippen MR) is 96.6 cm³/mol. The van der Waals surface area contributed by atoms with Gasteiger partial charge >= 0.3 is 0 Å². The van der Waals surface area contributed by atoms with E-state index in [9.17, 15) is 0 Å². The standard InChI is InChI=1S/C21H26N2O2/c1-16-20(23-21(25-16)18-7-3-2-4-8-18)13-15-24-19-11-9-17(10-12-19)6-5-14-22/h9-12,18H,2-8,13,15H2,1H3. The molecule has 1 fully saturated rings. The molecule has 132 valence electrons. The van der Waals surface area contributed by atoms with Gasteiger partial charge in [0.15, 0.2) is 5.89 Å². The first-order valence-corrected chi connectivity index (χ1v) is 9.31. The number of hydrogen-bond donors (Lipinski definition) is 0. The second-order valence-corrected chi connectivity index (χ2v) is 6.79. The molecule has 25 heavy (non-hydrogen) atoms. The van der Waals surface area contributed by atoms with Crippen molar-refractivity contribution in [2.75, 3.05) is 6.61 Å². The zero-order valence-corrected chi connectivity index (χ0v) is 15.0. The van der Waals surface area contributed by atoms with Gasteiger partial charge in [-0.1, -0.05) is 31.4 Å². The Morgan fingerprint density at radius 3 is 2.64 bits per heavy atom. The van der Waals surface area contributed by atoms with Crippen molar-refractivity contribution >= 4 is 0 Å². The molecule has 4 nitrogen and oxygen atoms in total. The molecule has 1 aliphatic carbocycles. The molecular formula is C21H26N2O2. The van der Waals surface area contributed by atoms with Crippen LogP contribution in [0.25, 0.3) is 0 Å². The number of ether oxygens (including phenoxy) is 1. The number of nitriles is 1. The Morgan fingerprint density at radius 1 is 1.16 bits per heavy atom. The van der Waals surface area contributed by atoms with Gasteiger partial charge < -0.3 is 9.15 Å². The van der Waals surface area contributed by atoms with Crippen LogP contribution in [-0.4, -0.2) is 11.6 Å². The molecule has 0 bridgehead atoms. The monoisotopic (exact) mass is 338 g/mol. The maximum atomic E-state index is 8.63. The molecule has 1 aliphatic rings. The number of nitrogens with zero attached hydrogens (tertiary/aromatic N) is 2. The van der Waals surface area contributed by atoms with Crippen LogP contribution in [0.15, 0.2) is 28.7 Å². The van der Waals surface area contributed by atoms with Gasteiger partial charge in [0.2, 0.25) is 0 Å². The zero-order valence-electron chi connectivity index (χ0n) is 15.0. The molecule has 0 unspecified atom stereocenters. The fraction of sp³-hybridized carbons (Fsp3) is 0.524. The average Bonchev–Trinajstić information content (AvgIpc) is 3.03. The molecule has 1 aromatic heterocycles. The Bertz CT molecular complexity index is 706. The Balaban J connectivity index is 1.50. The van der Waals surface area contributed by atoms with E-state index >= 15 is 0 Å². The lowest BCUT2D eigenvalue weighted by Crippen LogP contribution is -2.06. The van der Waals surface area contributed by atoms with Gasteiger partial charge in [-0.15, -0.1) is 0 Å². The summed E-state index contributed by atoms with van der Waals surface area (Å²) in [5.41, 5.74) is 2.18. The second-order valence-electron chi connectivity index (χ2n) is 6.79. The van der Waals surface area contributed by atoms with Crippen LogP contribution in [0.5, 0.6) is 5.75 Å². The van der Waals surface area contributed by atoms with Crippen LogP contribution >= 0.6 is 0 Å². The molecule has 2 aromatic rings. The molecule has 0 amide bonds. The number of benzene rings is 1. The minimum atomic E-state index is 0.503. The van der Waals surface area contributed by atoms with E-state index in [0.29, 0.717) is 18.9 Å². The third-order valence-corrected chi connectivity index (χ3v) is 4.92. The normalized spacial score (nSPS) is 15.0. The fourth-order valence-corrected chi connectivity index (χ4v) is 3.42. The van der Waals surface area contributed by atoms with E-state index in [0.717, 1.165) is 35.9 Å². The lowest BCUT2D eigenvalue weighted by Gasteiger charge is -2.17. The fourth-order valence-electron chi connectivity index (χ4n) is 3.42. The van der Waals surface area contributed by atoms with Gasteiger partial charge in [-0.05, 0) is 43.9 Å². The highest BCUT2D eigenvalue weighted by Crippen LogP contribution is 2.33. The van der Waals surface area contributed by atoms with E-state index in [1.807, 2.05) is 31.2 Å². The van der Waals surface area contributed by atoms with Gasteiger partial charge in [-0.2, -0.15) is 5.26 Å². The minimum absolute atomic E-state index is 0.503. The first kappa shape index (κ1) is 17.5. The van der Waals surface area contributed by atoms with E-state index in [-0.39, 0.29) is 0 Å². The van der Waals surface area contributed by atoms with Gasteiger partial charge in [0.05, 0.1) is 18.4 Å². The molecule has 0 spiro atoms. The maximum Gasteiger partial charge on any atom is 0.197 e. The SMILES string of the molecule is Cc1oc(C2CCCCC2)nc1CCOc1ccc(CCC#N)cc1. The average molecular weight is 338 g/mol. The maximum absolute atomic E-state index is 8.63. The molecule has 1 aromatic carbocycles. The summed E-state index contributed by atoms with van der Waals surface area (Å²) in [6.45, 7) is 2.59. The van der Waals surface area contributed by atoms with Crippen LogP contribution in [0.3, 0.4) is 0 Å². The van der Waals surface area contributed by atoms with Gasteiger partial charge in [-0.25, -0.2) is 4.98 Å². The van der Waals surface area contributed by atoms with Gasteiger partial charge in [0, 0.05) is 18.8 Å². The summed E-state index contributed by atoms with van der Waals surface area (Å²) in [5, 5.41) is 8.63. The molecule has 0 atom stereocenters. The van der Waals surface area contributed by atoms with Crippen molar-refractivity contribution in [1.82, 2.24) is 4.98 Å². The van der Waals surface area contributed by atoms with Crippen molar-refractivity contribution < 1.29 is 9.15 Å². The van der Waals surface area contributed by atoms with Gasteiger partial charge in [0.1, 0.15) is 11.5 Å². The molecule has 0 aliphatic heterocycles. The zero-order chi connectivity index (χ0) is 17.5. The summed E-state index contributed by atoms with van der Waals surface area (Å²) >= 11 is 0. The predicted octanol–water partition coefficient (Wildman–Crippen LogP) is 5.11. The Morgan fingerprint density at radius 2 is 1.92 bits per heavy atom. The smallest absolute Gasteiger partial charge is 0.197 e. The number of oxazole rings is 1. The summed E-state index contributed by atoms with van der Waals surface area (Å²) in [6.07, 6.45) is 8.42. The number of aromatic nitrogens is 1. The van der Waals surface area contributed by atoms with E-state index in [1.54, 1.807) is 0 Å². The largest absolute Gasteiger partial charge is 0.493 e. The molecule has 3 rings (SSSR count). The van der Waals surface area contributed by atoms with Gasteiger partial charge in [-0.3, -0.25) is 0 Å². The highest BCUT2D eigenvalue weighted by atomic mass is 16.5. The van der Waals surface area contributed by atoms with E-state index in [2.05, 4.69) is 6.07 Å². The Labute approximate surface area is 149 Å². The van der Waals surface area contributed by atoms with Crippen LogP contribution < -0.4 is 4.74 Å². The van der Waals surface area contributed by atoms with E-state index in [4.69, 9.17) is 19.4 Å². The second kappa shape index (κ2) is 8.71. The van der Waals surface area contributed by atoms with Crippen LogP contribution in [0, 0.1) is 18.3 Å². The summed E-state index contributed by atoms with van der Waals surface area (Å²) in [7, 11) is 0. The molecule has 4 heteroatoms. The van der Waals surface area contributed by atoms with Crippen molar-refractivity contribution in [3.8, 4) is 11.8 Å². The summed E-state index contributed by atoms with van der Waals surface area (Å²) in [4.78, 5) is 4.74. The van der Waals surface area contributed by atoms with Gasteiger partial charge in [0.25, 0.3) is 0 Å². The Kier molecular flexibility index (Phi) is 6.11. The lowest BCUT2D eigenvalue weighted by atomic mass is 9.89.